The minimum absolute atomic E-state index is 0.293. The van der Waals surface area contributed by atoms with E-state index in [1.165, 1.54) is 19.3 Å². The summed E-state index contributed by atoms with van der Waals surface area (Å²) in [7, 11) is 0. The van der Waals surface area contributed by atoms with E-state index in [4.69, 9.17) is 10.2 Å². The summed E-state index contributed by atoms with van der Waals surface area (Å²) in [5.74, 6) is 2.73. The van der Waals surface area contributed by atoms with Gasteiger partial charge in [0.05, 0.1) is 6.20 Å². The average molecular weight is 180 g/mol. The van der Waals surface area contributed by atoms with Crippen molar-refractivity contribution in [3.8, 4) is 0 Å². The first-order valence-corrected chi connectivity index (χ1v) is 4.97. The van der Waals surface area contributed by atoms with E-state index in [1.807, 2.05) is 6.20 Å². The molecule has 1 heterocycles. The Morgan fingerprint density at radius 3 is 3.00 bits per heavy atom. The van der Waals surface area contributed by atoms with Crippen LogP contribution in [-0.4, -0.2) is 11.5 Å². The number of nitrogens with zero attached hydrogens (tertiary/aromatic N) is 1. The van der Waals surface area contributed by atoms with Gasteiger partial charge in [0, 0.05) is 18.4 Å². The first kappa shape index (κ1) is 8.75. The second-order valence-corrected chi connectivity index (χ2v) is 3.87. The maximum atomic E-state index is 5.65. The van der Waals surface area contributed by atoms with Gasteiger partial charge in [-0.15, -0.1) is 0 Å². The third-order valence-electron chi connectivity index (χ3n) is 2.84. The number of nitrogens with two attached hydrogens (primary N) is 1. The van der Waals surface area contributed by atoms with Crippen LogP contribution in [0.3, 0.4) is 0 Å². The zero-order valence-corrected chi connectivity index (χ0v) is 7.99. The smallest absolute Gasteiger partial charge is 0.197 e. The molecule has 1 saturated carbocycles. The van der Waals surface area contributed by atoms with Crippen molar-refractivity contribution in [1.29, 1.82) is 0 Å². The molecular formula is C10H16N2O. The van der Waals surface area contributed by atoms with E-state index in [-0.39, 0.29) is 0 Å². The van der Waals surface area contributed by atoms with Crippen LogP contribution in [0.25, 0.3) is 0 Å². The molecule has 2 N–H and O–H groups in total. The lowest BCUT2D eigenvalue weighted by Crippen LogP contribution is -2.09. The van der Waals surface area contributed by atoms with Crippen molar-refractivity contribution in [3.05, 3.63) is 17.8 Å². The molecule has 0 saturated heterocycles. The van der Waals surface area contributed by atoms with Gasteiger partial charge in [-0.05, 0) is 12.8 Å². The Bertz CT molecular complexity index is 259. The van der Waals surface area contributed by atoms with E-state index in [1.54, 1.807) is 0 Å². The quantitative estimate of drug-likeness (QED) is 0.774. The van der Waals surface area contributed by atoms with Gasteiger partial charge in [0.2, 0.25) is 0 Å². The van der Waals surface area contributed by atoms with Gasteiger partial charge in [0.1, 0.15) is 5.76 Å². The molecule has 0 aromatic carbocycles. The Labute approximate surface area is 78.3 Å². The van der Waals surface area contributed by atoms with Crippen LogP contribution in [0, 0.1) is 0 Å². The van der Waals surface area contributed by atoms with Crippen LogP contribution >= 0.6 is 0 Å². The van der Waals surface area contributed by atoms with Crippen molar-refractivity contribution in [2.75, 3.05) is 6.54 Å². The lowest BCUT2D eigenvalue weighted by Gasteiger charge is -2.21. The minimum Gasteiger partial charge on any atom is -0.445 e. The fourth-order valence-electron chi connectivity index (χ4n) is 1.49. The maximum Gasteiger partial charge on any atom is 0.197 e. The first-order valence-electron chi connectivity index (χ1n) is 4.97. The fraction of sp³-hybridized carbons (Fsp3) is 0.700. The van der Waals surface area contributed by atoms with Gasteiger partial charge >= 0.3 is 0 Å². The SMILES string of the molecule is CC(CN)c1cnc(C2CCC2)o1. The number of hydrogen-bond acceptors (Lipinski definition) is 3. The van der Waals surface area contributed by atoms with Crippen LogP contribution in [0.15, 0.2) is 10.6 Å². The number of aromatic nitrogens is 1. The first-order chi connectivity index (χ1) is 6.31. The molecule has 1 aromatic heterocycles. The highest BCUT2D eigenvalue weighted by Gasteiger charge is 2.24. The molecule has 1 aromatic rings. The summed E-state index contributed by atoms with van der Waals surface area (Å²) in [4.78, 5) is 4.28. The molecule has 0 amide bonds. The van der Waals surface area contributed by atoms with Crippen LogP contribution in [-0.2, 0) is 0 Å². The predicted molar refractivity (Wildman–Crippen MR) is 50.6 cm³/mol. The molecule has 2 rings (SSSR count). The highest BCUT2D eigenvalue weighted by molar-refractivity contribution is 5.05. The Hall–Kier alpha value is -0.830. The summed E-state index contributed by atoms with van der Waals surface area (Å²) in [5, 5.41) is 0. The van der Waals surface area contributed by atoms with E-state index in [0.717, 1.165) is 11.7 Å². The monoisotopic (exact) mass is 180 g/mol. The molecule has 13 heavy (non-hydrogen) atoms. The highest BCUT2D eigenvalue weighted by atomic mass is 16.4. The third-order valence-corrected chi connectivity index (χ3v) is 2.84. The largest absolute Gasteiger partial charge is 0.445 e. The van der Waals surface area contributed by atoms with Gasteiger partial charge in [0.25, 0.3) is 0 Å². The topological polar surface area (TPSA) is 52.0 Å². The van der Waals surface area contributed by atoms with Crippen LogP contribution in [0.4, 0.5) is 0 Å². The number of rotatable bonds is 3. The van der Waals surface area contributed by atoms with Gasteiger partial charge in [0.15, 0.2) is 5.89 Å². The maximum absolute atomic E-state index is 5.65. The predicted octanol–water partition coefficient (Wildman–Crippen LogP) is 2.00. The van der Waals surface area contributed by atoms with E-state index in [0.29, 0.717) is 18.4 Å². The Morgan fingerprint density at radius 1 is 1.69 bits per heavy atom. The standard InChI is InChI=1S/C10H16N2O/c1-7(5-11)9-6-12-10(13-9)8-3-2-4-8/h6-8H,2-5,11H2,1H3. The molecule has 0 spiro atoms. The molecule has 1 aliphatic carbocycles. The molecule has 1 aliphatic rings. The lowest BCUT2D eigenvalue weighted by molar-refractivity contribution is 0.320. The summed E-state index contributed by atoms with van der Waals surface area (Å²) in [6.07, 6.45) is 5.61. The van der Waals surface area contributed by atoms with Crippen LogP contribution in [0.2, 0.25) is 0 Å². The van der Waals surface area contributed by atoms with Gasteiger partial charge < -0.3 is 10.2 Å². The van der Waals surface area contributed by atoms with Crippen molar-refractivity contribution in [1.82, 2.24) is 4.98 Å². The van der Waals surface area contributed by atoms with E-state index in [9.17, 15) is 0 Å². The Morgan fingerprint density at radius 2 is 2.46 bits per heavy atom. The molecule has 1 fully saturated rings. The molecule has 0 bridgehead atoms. The van der Waals surface area contributed by atoms with Crippen molar-refractivity contribution < 1.29 is 4.42 Å². The van der Waals surface area contributed by atoms with Crippen molar-refractivity contribution in [3.63, 3.8) is 0 Å². The second kappa shape index (κ2) is 3.50. The Balaban J connectivity index is 2.08. The molecule has 3 nitrogen and oxygen atoms in total. The summed E-state index contributed by atoms with van der Waals surface area (Å²) in [5.41, 5.74) is 5.55. The van der Waals surface area contributed by atoms with E-state index in [2.05, 4.69) is 11.9 Å². The van der Waals surface area contributed by atoms with Gasteiger partial charge in [-0.2, -0.15) is 0 Å². The van der Waals surface area contributed by atoms with Crippen molar-refractivity contribution in [2.24, 2.45) is 5.73 Å². The molecular weight excluding hydrogens is 164 g/mol. The normalized spacial score (nSPS) is 19.8. The number of oxazole rings is 1. The molecule has 1 unspecified atom stereocenters. The van der Waals surface area contributed by atoms with Gasteiger partial charge in [-0.1, -0.05) is 13.3 Å². The molecule has 3 heteroatoms. The van der Waals surface area contributed by atoms with E-state index < -0.39 is 0 Å². The minimum atomic E-state index is 0.293. The van der Waals surface area contributed by atoms with E-state index >= 15 is 0 Å². The van der Waals surface area contributed by atoms with Crippen LogP contribution in [0.1, 0.15) is 49.7 Å². The number of hydrogen-bond donors (Lipinski definition) is 1. The van der Waals surface area contributed by atoms with Crippen molar-refractivity contribution >= 4 is 0 Å². The molecule has 72 valence electrons. The van der Waals surface area contributed by atoms with Crippen LogP contribution < -0.4 is 5.73 Å². The zero-order valence-electron chi connectivity index (χ0n) is 7.99. The zero-order chi connectivity index (χ0) is 9.26. The Kier molecular flexibility index (Phi) is 2.36. The lowest BCUT2D eigenvalue weighted by atomic mass is 9.85. The molecule has 0 aliphatic heterocycles. The highest BCUT2D eigenvalue weighted by Crippen LogP contribution is 2.36. The third kappa shape index (κ3) is 1.61. The average Bonchev–Trinajstić information content (AvgIpc) is 2.49. The summed E-state index contributed by atoms with van der Waals surface area (Å²) in [6, 6.07) is 0. The second-order valence-electron chi connectivity index (χ2n) is 3.87. The summed E-state index contributed by atoms with van der Waals surface area (Å²) < 4.78 is 5.65. The fourth-order valence-corrected chi connectivity index (χ4v) is 1.49. The van der Waals surface area contributed by atoms with Gasteiger partial charge in [-0.25, -0.2) is 4.98 Å². The summed E-state index contributed by atoms with van der Waals surface area (Å²) >= 11 is 0. The van der Waals surface area contributed by atoms with Gasteiger partial charge in [-0.3, -0.25) is 0 Å². The van der Waals surface area contributed by atoms with Crippen molar-refractivity contribution in [2.45, 2.75) is 38.0 Å². The molecule has 0 radical (unpaired) electrons. The molecule has 1 atom stereocenters. The summed E-state index contributed by atoms with van der Waals surface area (Å²) in [6.45, 7) is 2.68. The van der Waals surface area contributed by atoms with Crippen LogP contribution in [0.5, 0.6) is 0 Å².